The fraction of sp³-hybridized carbons (Fsp3) is 0.650. The highest BCUT2D eigenvalue weighted by molar-refractivity contribution is 5.91. The molecule has 25 heavy (non-hydrogen) atoms. The molecule has 136 valence electrons. The lowest BCUT2D eigenvalue weighted by Gasteiger charge is -2.56. The number of aliphatic hydroxyl groups excluding tert-OH is 1. The van der Waals surface area contributed by atoms with E-state index in [2.05, 4.69) is 0 Å². The van der Waals surface area contributed by atoms with E-state index in [0.29, 0.717) is 31.7 Å². The number of piperidine rings is 1. The molecule has 4 rings (SSSR count). The SMILES string of the molecule is CCO[C@@H]1C[C@H](O)C12CCN(C(=O)C1(c3ccccc3F)CC1)CC2. The van der Waals surface area contributed by atoms with Crippen molar-refractivity contribution >= 4 is 5.91 Å². The summed E-state index contributed by atoms with van der Waals surface area (Å²) in [5.41, 5.74) is -0.314. The lowest BCUT2D eigenvalue weighted by molar-refractivity contribution is -0.210. The summed E-state index contributed by atoms with van der Waals surface area (Å²) < 4.78 is 20.0. The van der Waals surface area contributed by atoms with Crippen LogP contribution in [0.2, 0.25) is 0 Å². The molecule has 1 aliphatic heterocycles. The topological polar surface area (TPSA) is 49.8 Å². The maximum Gasteiger partial charge on any atom is 0.233 e. The van der Waals surface area contributed by atoms with Gasteiger partial charge in [0.2, 0.25) is 5.91 Å². The molecule has 0 bridgehead atoms. The second kappa shape index (κ2) is 6.06. The van der Waals surface area contributed by atoms with Gasteiger partial charge in [-0.05, 0) is 38.7 Å². The first-order valence-corrected chi connectivity index (χ1v) is 9.37. The van der Waals surface area contributed by atoms with Crippen LogP contribution in [0.25, 0.3) is 0 Å². The molecule has 1 saturated heterocycles. The standard InChI is InChI=1S/C20H26FNO3/c1-2-25-17-13-16(23)20(17)9-11-22(12-10-20)18(24)19(7-8-19)14-5-3-4-6-15(14)21/h3-6,16-17,23H,2,7-13H2,1H3/t16-,17+/m0/s1. The maximum atomic E-state index is 14.2. The summed E-state index contributed by atoms with van der Waals surface area (Å²) in [6, 6.07) is 6.64. The predicted molar refractivity (Wildman–Crippen MR) is 91.6 cm³/mol. The van der Waals surface area contributed by atoms with Gasteiger partial charge in [0.25, 0.3) is 0 Å². The zero-order valence-electron chi connectivity index (χ0n) is 14.7. The number of hydrogen-bond acceptors (Lipinski definition) is 3. The number of nitrogens with zero attached hydrogens (tertiary/aromatic N) is 1. The molecule has 1 heterocycles. The number of amides is 1. The van der Waals surface area contributed by atoms with Crippen molar-refractivity contribution in [3.05, 3.63) is 35.6 Å². The molecule has 1 aromatic carbocycles. The Kier molecular flexibility index (Phi) is 4.12. The number of halogens is 1. The van der Waals surface area contributed by atoms with E-state index in [9.17, 15) is 14.3 Å². The van der Waals surface area contributed by atoms with Gasteiger partial charge in [0.1, 0.15) is 5.82 Å². The quantitative estimate of drug-likeness (QED) is 0.911. The van der Waals surface area contributed by atoms with E-state index in [1.807, 2.05) is 11.8 Å². The number of likely N-dealkylation sites (tertiary alicyclic amines) is 1. The fourth-order valence-electron chi connectivity index (χ4n) is 4.82. The highest BCUT2D eigenvalue weighted by Gasteiger charge is 2.59. The van der Waals surface area contributed by atoms with E-state index < -0.39 is 5.41 Å². The van der Waals surface area contributed by atoms with Crippen LogP contribution < -0.4 is 0 Å². The van der Waals surface area contributed by atoms with Crippen molar-refractivity contribution in [1.29, 1.82) is 0 Å². The second-order valence-electron chi connectivity index (χ2n) is 7.78. The van der Waals surface area contributed by atoms with Crippen molar-refractivity contribution in [2.75, 3.05) is 19.7 Å². The van der Waals surface area contributed by atoms with E-state index in [0.717, 1.165) is 25.7 Å². The van der Waals surface area contributed by atoms with Gasteiger partial charge in [0, 0.05) is 37.1 Å². The molecule has 2 aliphatic carbocycles. The lowest BCUT2D eigenvalue weighted by atomic mass is 9.58. The maximum absolute atomic E-state index is 14.2. The summed E-state index contributed by atoms with van der Waals surface area (Å²) in [4.78, 5) is 15.0. The molecule has 3 aliphatic rings. The zero-order chi connectivity index (χ0) is 17.7. The van der Waals surface area contributed by atoms with E-state index in [1.165, 1.54) is 6.07 Å². The van der Waals surface area contributed by atoms with Gasteiger partial charge >= 0.3 is 0 Å². The third kappa shape index (κ3) is 2.51. The van der Waals surface area contributed by atoms with Gasteiger partial charge in [-0.3, -0.25) is 4.79 Å². The average molecular weight is 347 g/mol. The summed E-state index contributed by atoms with van der Waals surface area (Å²) in [6.45, 7) is 3.87. The van der Waals surface area contributed by atoms with Crippen LogP contribution in [0.4, 0.5) is 4.39 Å². The largest absolute Gasteiger partial charge is 0.392 e. The molecular weight excluding hydrogens is 321 g/mol. The molecule has 0 aromatic heterocycles. The summed E-state index contributed by atoms with van der Waals surface area (Å²) in [7, 11) is 0. The molecule has 2 saturated carbocycles. The van der Waals surface area contributed by atoms with Gasteiger partial charge in [-0.2, -0.15) is 0 Å². The second-order valence-corrected chi connectivity index (χ2v) is 7.78. The van der Waals surface area contributed by atoms with Gasteiger partial charge in [-0.15, -0.1) is 0 Å². The zero-order valence-corrected chi connectivity index (χ0v) is 14.7. The number of carbonyl (C=O) groups excluding carboxylic acids is 1. The van der Waals surface area contributed by atoms with Crippen LogP contribution in [0, 0.1) is 11.2 Å². The van der Waals surface area contributed by atoms with Gasteiger partial charge in [-0.1, -0.05) is 18.2 Å². The molecular formula is C20H26FNO3. The Hall–Kier alpha value is -1.46. The number of rotatable bonds is 4. The van der Waals surface area contributed by atoms with Crippen molar-refractivity contribution in [2.24, 2.45) is 5.41 Å². The van der Waals surface area contributed by atoms with Gasteiger partial charge in [0.15, 0.2) is 0 Å². The average Bonchev–Trinajstić information content (AvgIpc) is 3.43. The summed E-state index contributed by atoms with van der Waals surface area (Å²) >= 11 is 0. The minimum absolute atomic E-state index is 0.0502. The minimum Gasteiger partial charge on any atom is -0.392 e. The first kappa shape index (κ1) is 17.0. The number of ether oxygens (including phenoxy) is 1. The fourth-order valence-corrected chi connectivity index (χ4v) is 4.82. The van der Waals surface area contributed by atoms with Crippen molar-refractivity contribution in [3.8, 4) is 0 Å². The van der Waals surface area contributed by atoms with E-state index >= 15 is 0 Å². The summed E-state index contributed by atoms with van der Waals surface area (Å²) in [5, 5.41) is 10.3. The first-order valence-electron chi connectivity index (χ1n) is 9.37. The summed E-state index contributed by atoms with van der Waals surface area (Å²) in [5.74, 6) is -0.234. The Morgan fingerprint density at radius 1 is 1.28 bits per heavy atom. The monoisotopic (exact) mass is 347 g/mol. The van der Waals surface area contributed by atoms with Crippen LogP contribution in [0.5, 0.6) is 0 Å². The number of carbonyl (C=O) groups is 1. The molecule has 0 unspecified atom stereocenters. The van der Waals surface area contributed by atoms with Crippen molar-refractivity contribution in [3.63, 3.8) is 0 Å². The molecule has 0 radical (unpaired) electrons. The Balaban J connectivity index is 1.46. The number of benzene rings is 1. The molecule has 1 spiro atoms. The van der Waals surface area contributed by atoms with Gasteiger partial charge in [0.05, 0.1) is 17.6 Å². The van der Waals surface area contributed by atoms with Crippen molar-refractivity contribution < 1.29 is 19.0 Å². The Labute approximate surface area is 148 Å². The molecule has 1 amide bonds. The van der Waals surface area contributed by atoms with Gasteiger partial charge < -0.3 is 14.7 Å². The molecule has 1 N–H and O–H groups in total. The van der Waals surface area contributed by atoms with E-state index in [4.69, 9.17) is 4.74 Å². The highest BCUT2D eigenvalue weighted by atomic mass is 19.1. The highest BCUT2D eigenvalue weighted by Crippen LogP contribution is 2.54. The van der Waals surface area contributed by atoms with Crippen LogP contribution in [0.15, 0.2) is 24.3 Å². The summed E-state index contributed by atoms with van der Waals surface area (Å²) in [6.07, 6.45) is 3.43. The number of aliphatic hydroxyl groups is 1. The molecule has 3 fully saturated rings. The smallest absolute Gasteiger partial charge is 0.233 e. The Morgan fingerprint density at radius 3 is 2.52 bits per heavy atom. The van der Waals surface area contributed by atoms with Crippen LogP contribution in [-0.2, 0) is 14.9 Å². The predicted octanol–water partition coefficient (Wildman–Crippen LogP) is 2.64. The van der Waals surface area contributed by atoms with Crippen molar-refractivity contribution in [1.82, 2.24) is 4.90 Å². The third-order valence-electron chi connectivity index (χ3n) is 6.64. The number of hydrogen-bond donors (Lipinski definition) is 1. The van der Waals surface area contributed by atoms with Crippen LogP contribution >= 0.6 is 0 Å². The molecule has 5 heteroatoms. The molecule has 1 aromatic rings. The van der Waals surface area contributed by atoms with Crippen LogP contribution in [0.1, 0.15) is 44.6 Å². The Morgan fingerprint density at radius 2 is 1.96 bits per heavy atom. The first-order chi connectivity index (χ1) is 12.0. The van der Waals surface area contributed by atoms with E-state index in [-0.39, 0.29) is 29.3 Å². The molecule has 4 nitrogen and oxygen atoms in total. The normalized spacial score (nSPS) is 29.3. The van der Waals surface area contributed by atoms with E-state index in [1.54, 1.807) is 18.2 Å². The van der Waals surface area contributed by atoms with Gasteiger partial charge in [-0.25, -0.2) is 4.39 Å². The van der Waals surface area contributed by atoms with Crippen LogP contribution in [0.3, 0.4) is 0 Å². The minimum atomic E-state index is -0.659. The lowest BCUT2D eigenvalue weighted by Crippen LogP contribution is -2.63. The Bertz CT molecular complexity index is 663. The van der Waals surface area contributed by atoms with Crippen LogP contribution in [-0.4, -0.2) is 47.8 Å². The third-order valence-corrected chi connectivity index (χ3v) is 6.64. The molecule has 2 atom stereocenters. The van der Waals surface area contributed by atoms with Crippen molar-refractivity contribution in [2.45, 2.75) is 56.7 Å².